The first-order chi connectivity index (χ1) is 9.08. The van der Waals surface area contributed by atoms with Gasteiger partial charge in [-0.1, -0.05) is 33.6 Å². The summed E-state index contributed by atoms with van der Waals surface area (Å²) in [5.74, 6) is 0. The molecule has 0 fully saturated rings. The molecule has 0 aliphatic heterocycles. The van der Waals surface area contributed by atoms with Crippen LogP contribution < -0.4 is 5.32 Å². The van der Waals surface area contributed by atoms with E-state index in [0.29, 0.717) is 5.02 Å². The van der Waals surface area contributed by atoms with Gasteiger partial charge in [0.2, 0.25) is 0 Å². The Kier molecular flexibility index (Phi) is 5.06. The summed E-state index contributed by atoms with van der Waals surface area (Å²) < 4.78 is 3.96. The van der Waals surface area contributed by atoms with Crippen molar-refractivity contribution in [3.05, 3.63) is 49.6 Å². The van der Waals surface area contributed by atoms with Crippen LogP contribution in [-0.4, -0.2) is 16.8 Å². The van der Waals surface area contributed by atoms with Crippen molar-refractivity contribution in [1.29, 1.82) is 0 Å². The monoisotopic (exact) mass is 405 g/mol. The molecule has 3 nitrogen and oxygen atoms in total. The summed E-state index contributed by atoms with van der Waals surface area (Å²) in [6.45, 7) is 2.90. The SMILES string of the molecule is CCn1ncc(Br)c1C(NC)c1ccc(Cl)cc1Br. The first kappa shape index (κ1) is 15.0. The highest BCUT2D eigenvalue weighted by Gasteiger charge is 2.21. The van der Waals surface area contributed by atoms with Crippen LogP contribution >= 0.6 is 43.5 Å². The standard InChI is InChI=1S/C13H14Br2ClN3/c1-3-19-13(11(15)7-18-19)12(17-2)9-5-4-8(16)6-10(9)14/h4-7,12,17H,3H2,1-2H3. The largest absolute Gasteiger partial charge is 0.308 e. The van der Waals surface area contributed by atoms with Crippen molar-refractivity contribution in [2.45, 2.75) is 19.5 Å². The first-order valence-electron chi connectivity index (χ1n) is 5.91. The third-order valence-corrected chi connectivity index (χ3v) is 4.50. The van der Waals surface area contributed by atoms with Crippen molar-refractivity contribution in [2.75, 3.05) is 7.05 Å². The Bertz CT molecular complexity index is 583. The Labute approximate surface area is 134 Å². The molecule has 0 bridgehead atoms. The molecule has 0 amide bonds. The van der Waals surface area contributed by atoms with E-state index < -0.39 is 0 Å². The second-order valence-corrected chi connectivity index (χ2v) is 6.23. The van der Waals surface area contributed by atoms with Crippen LogP contribution in [0.2, 0.25) is 5.02 Å². The maximum absolute atomic E-state index is 6.00. The van der Waals surface area contributed by atoms with Gasteiger partial charge < -0.3 is 5.32 Å². The van der Waals surface area contributed by atoms with E-state index in [1.165, 1.54) is 0 Å². The molecule has 0 saturated heterocycles. The highest BCUT2D eigenvalue weighted by Crippen LogP contribution is 2.33. The van der Waals surface area contributed by atoms with Crippen LogP contribution in [0.5, 0.6) is 0 Å². The summed E-state index contributed by atoms with van der Waals surface area (Å²) in [5.41, 5.74) is 2.23. The van der Waals surface area contributed by atoms with Crippen molar-refractivity contribution in [2.24, 2.45) is 0 Å². The topological polar surface area (TPSA) is 29.9 Å². The summed E-state index contributed by atoms with van der Waals surface area (Å²) in [6.07, 6.45) is 1.83. The summed E-state index contributed by atoms with van der Waals surface area (Å²) in [4.78, 5) is 0. The predicted octanol–water partition coefficient (Wildman–Crippen LogP) is 4.39. The molecular weight excluding hydrogens is 393 g/mol. The minimum absolute atomic E-state index is 0.0449. The highest BCUT2D eigenvalue weighted by molar-refractivity contribution is 9.10. The molecule has 2 aromatic rings. The molecule has 0 radical (unpaired) electrons. The predicted molar refractivity (Wildman–Crippen MR) is 85.7 cm³/mol. The van der Waals surface area contributed by atoms with Gasteiger partial charge in [0.15, 0.2) is 0 Å². The number of aryl methyl sites for hydroxylation is 1. The van der Waals surface area contributed by atoms with Gasteiger partial charge in [-0.3, -0.25) is 4.68 Å². The third-order valence-electron chi connectivity index (χ3n) is 2.97. The number of hydrogen-bond acceptors (Lipinski definition) is 2. The quantitative estimate of drug-likeness (QED) is 0.815. The summed E-state index contributed by atoms with van der Waals surface area (Å²) in [6, 6.07) is 5.87. The smallest absolute Gasteiger partial charge is 0.0768 e. The van der Waals surface area contributed by atoms with Crippen LogP contribution in [0.3, 0.4) is 0 Å². The van der Waals surface area contributed by atoms with Crippen molar-refractivity contribution in [1.82, 2.24) is 15.1 Å². The average molecular weight is 408 g/mol. The van der Waals surface area contributed by atoms with Gasteiger partial charge in [-0.25, -0.2) is 0 Å². The van der Waals surface area contributed by atoms with E-state index >= 15 is 0 Å². The third kappa shape index (κ3) is 3.05. The fourth-order valence-electron chi connectivity index (χ4n) is 2.09. The molecule has 0 saturated carbocycles. The molecule has 2 rings (SSSR count). The number of halogens is 3. The molecule has 1 unspecified atom stereocenters. The van der Waals surface area contributed by atoms with Gasteiger partial charge in [0.25, 0.3) is 0 Å². The van der Waals surface area contributed by atoms with Gasteiger partial charge in [-0.05, 0) is 47.6 Å². The molecule has 1 heterocycles. The molecule has 19 heavy (non-hydrogen) atoms. The number of benzene rings is 1. The van der Waals surface area contributed by atoms with Gasteiger partial charge in [0.1, 0.15) is 0 Å². The zero-order valence-corrected chi connectivity index (χ0v) is 14.6. The zero-order chi connectivity index (χ0) is 14.0. The van der Waals surface area contributed by atoms with Gasteiger partial charge in [-0.2, -0.15) is 5.10 Å². The van der Waals surface area contributed by atoms with E-state index in [0.717, 1.165) is 26.7 Å². The zero-order valence-electron chi connectivity index (χ0n) is 10.6. The lowest BCUT2D eigenvalue weighted by molar-refractivity contribution is 0.560. The fourth-order valence-corrected chi connectivity index (χ4v) is 3.52. The van der Waals surface area contributed by atoms with E-state index in [-0.39, 0.29) is 6.04 Å². The van der Waals surface area contributed by atoms with Gasteiger partial charge in [0.05, 0.1) is 22.4 Å². The molecule has 1 atom stereocenters. The Morgan fingerprint density at radius 3 is 2.68 bits per heavy atom. The molecule has 0 spiro atoms. The lowest BCUT2D eigenvalue weighted by atomic mass is 10.0. The number of nitrogens with one attached hydrogen (secondary N) is 1. The molecule has 0 aliphatic rings. The Morgan fingerprint density at radius 2 is 2.11 bits per heavy atom. The van der Waals surface area contributed by atoms with Crippen LogP contribution in [0.4, 0.5) is 0 Å². The fraction of sp³-hybridized carbons (Fsp3) is 0.308. The summed E-state index contributed by atoms with van der Waals surface area (Å²) in [5, 5.41) is 8.41. The number of nitrogens with zero attached hydrogens (tertiary/aromatic N) is 2. The second kappa shape index (κ2) is 6.39. The molecule has 6 heteroatoms. The van der Waals surface area contributed by atoms with E-state index in [2.05, 4.69) is 49.2 Å². The normalized spacial score (nSPS) is 12.7. The first-order valence-corrected chi connectivity index (χ1v) is 7.88. The lowest BCUT2D eigenvalue weighted by Gasteiger charge is -2.20. The van der Waals surface area contributed by atoms with Crippen LogP contribution in [0, 0.1) is 0 Å². The van der Waals surface area contributed by atoms with Crippen LogP contribution in [0.25, 0.3) is 0 Å². The van der Waals surface area contributed by atoms with Crippen LogP contribution in [-0.2, 0) is 6.54 Å². The van der Waals surface area contributed by atoms with E-state index in [1.54, 1.807) is 0 Å². The molecule has 1 N–H and O–H groups in total. The number of hydrogen-bond donors (Lipinski definition) is 1. The molecule has 1 aromatic carbocycles. The maximum Gasteiger partial charge on any atom is 0.0768 e. The minimum Gasteiger partial charge on any atom is -0.308 e. The minimum atomic E-state index is 0.0449. The van der Waals surface area contributed by atoms with Gasteiger partial charge in [-0.15, -0.1) is 0 Å². The highest BCUT2D eigenvalue weighted by atomic mass is 79.9. The van der Waals surface area contributed by atoms with Gasteiger partial charge >= 0.3 is 0 Å². The van der Waals surface area contributed by atoms with Crippen molar-refractivity contribution >= 4 is 43.5 Å². The lowest BCUT2D eigenvalue weighted by Crippen LogP contribution is -2.22. The maximum atomic E-state index is 6.00. The summed E-state index contributed by atoms with van der Waals surface area (Å²) in [7, 11) is 1.94. The number of aromatic nitrogens is 2. The van der Waals surface area contributed by atoms with Crippen LogP contribution in [0.1, 0.15) is 24.2 Å². The Hall–Kier alpha value is -0.360. The van der Waals surface area contributed by atoms with Crippen molar-refractivity contribution in [3.63, 3.8) is 0 Å². The summed E-state index contributed by atoms with van der Waals surface area (Å²) >= 11 is 13.1. The van der Waals surface area contributed by atoms with E-state index in [4.69, 9.17) is 11.6 Å². The molecule has 0 aliphatic carbocycles. The average Bonchev–Trinajstić information content (AvgIpc) is 2.74. The Balaban J connectivity index is 2.52. The molecule has 1 aromatic heterocycles. The molecule has 102 valence electrons. The van der Waals surface area contributed by atoms with E-state index in [1.807, 2.05) is 36.1 Å². The molecular formula is C13H14Br2ClN3. The Morgan fingerprint density at radius 1 is 1.37 bits per heavy atom. The van der Waals surface area contributed by atoms with E-state index in [9.17, 15) is 0 Å². The van der Waals surface area contributed by atoms with Crippen molar-refractivity contribution in [3.8, 4) is 0 Å². The number of rotatable bonds is 4. The second-order valence-electron chi connectivity index (χ2n) is 4.08. The van der Waals surface area contributed by atoms with Crippen molar-refractivity contribution < 1.29 is 0 Å². The van der Waals surface area contributed by atoms with Gasteiger partial charge in [0, 0.05) is 16.0 Å². The van der Waals surface area contributed by atoms with Crippen LogP contribution in [0.15, 0.2) is 33.3 Å².